The topological polar surface area (TPSA) is 45.2 Å². The molecule has 1 aromatic carbocycles. The molecule has 1 N–H and O–H groups in total. The highest BCUT2D eigenvalue weighted by Gasteiger charge is 2.34. The predicted octanol–water partition coefficient (Wildman–Crippen LogP) is 2.48. The fourth-order valence-corrected chi connectivity index (χ4v) is 3.35. The Hall–Kier alpha value is -1.94. The maximum Gasteiger partial charge on any atom is 0.237 e. The van der Waals surface area contributed by atoms with Gasteiger partial charge in [0.25, 0.3) is 0 Å². The summed E-state index contributed by atoms with van der Waals surface area (Å²) >= 11 is 0. The average Bonchev–Trinajstić information content (AvgIpc) is 3.23. The van der Waals surface area contributed by atoms with Crippen LogP contribution in [0.15, 0.2) is 36.5 Å². The van der Waals surface area contributed by atoms with Crippen molar-refractivity contribution in [2.75, 3.05) is 6.54 Å². The second kappa shape index (κ2) is 5.69. The quantitative estimate of drug-likeness (QED) is 0.942. The van der Waals surface area contributed by atoms with Gasteiger partial charge in [0.2, 0.25) is 5.91 Å². The maximum atomic E-state index is 12.4. The molecule has 2 aromatic rings. The van der Waals surface area contributed by atoms with Gasteiger partial charge in [0, 0.05) is 24.2 Å². The first-order valence-corrected chi connectivity index (χ1v) is 8.18. The van der Waals surface area contributed by atoms with Gasteiger partial charge in [-0.05, 0) is 43.9 Å². The summed E-state index contributed by atoms with van der Waals surface area (Å²) in [6.45, 7) is 1.79. The normalized spacial score (nSPS) is 22.1. The van der Waals surface area contributed by atoms with Crippen LogP contribution in [0.3, 0.4) is 0 Å². The van der Waals surface area contributed by atoms with Crippen molar-refractivity contribution in [3.05, 3.63) is 42.1 Å². The molecule has 2 fully saturated rings. The Bertz CT molecular complexity index is 690. The molecule has 1 aliphatic heterocycles. The maximum absolute atomic E-state index is 12.4. The van der Waals surface area contributed by atoms with E-state index in [0.29, 0.717) is 6.04 Å². The monoisotopic (exact) mass is 295 g/mol. The van der Waals surface area contributed by atoms with Crippen LogP contribution in [0, 0.1) is 0 Å². The van der Waals surface area contributed by atoms with Gasteiger partial charge in [-0.2, -0.15) is 0 Å². The summed E-state index contributed by atoms with van der Waals surface area (Å²) in [5.74, 6) is 0.216. The van der Waals surface area contributed by atoms with Crippen LogP contribution in [0.1, 0.15) is 31.2 Å². The van der Waals surface area contributed by atoms with Crippen molar-refractivity contribution in [3.8, 4) is 0 Å². The predicted molar refractivity (Wildman–Crippen MR) is 86.3 cm³/mol. The van der Waals surface area contributed by atoms with Crippen molar-refractivity contribution in [2.45, 2.75) is 44.3 Å². The molecule has 2 heterocycles. The minimum Gasteiger partial charge on any atom is -0.352 e. The van der Waals surface area contributed by atoms with E-state index in [2.05, 4.69) is 39.5 Å². The highest BCUT2D eigenvalue weighted by atomic mass is 16.2. The van der Waals surface area contributed by atoms with E-state index in [1.54, 1.807) is 0 Å². The number of likely N-dealkylation sites (tertiary alicyclic amines) is 1. The molecule has 1 aliphatic carbocycles. The number of pyridine rings is 1. The third-order valence-electron chi connectivity index (χ3n) is 4.68. The summed E-state index contributed by atoms with van der Waals surface area (Å²) in [5, 5.41) is 4.32. The first-order chi connectivity index (χ1) is 10.8. The summed E-state index contributed by atoms with van der Waals surface area (Å²) in [7, 11) is 0. The Kier molecular flexibility index (Phi) is 3.54. The van der Waals surface area contributed by atoms with Crippen LogP contribution in [0.2, 0.25) is 0 Å². The van der Waals surface area contributed by atoms with Gasteiger partial charge in [0.15, 0.2) is 0 Å². The van der Waals surface area contributed by atoms with Crippen molar-refractivity contribution < 1.29 is 4.79 Å². The lowest BCUT2D eigenvalue weighted by molar-refractivity contribution is -0.125. The van der Waals surface area contributed by atoms with Crippen LogP contribution in [-0.4, -0.2) is 34.4 Å². The highest BCUT2D eigenvalue weighted by Crippen LogP contribution is 2.25. The summed E-state index contributed by atoms with van der Waals surface area (Å²) in [4.78, 5) is 19.2. The van der Waals surface area contributed by atoms with E-state index in [9.17, 15) is 4.79 Å². The number of nitrogens with zero attached hydrogens (tertiary/aromatic N) is 2. The summed E-state index contributed by atoms with van der Waals surface area (Å²) in [5.41, 5.74) is 2.27. The van der Waals surface area contributed by atoms with Gasteiger partial charge in [-0.15, -0.1) is 0 Å². The number of carbonyl (C=O) groups excluding carboxylic acids is 1. The van der Waals surface area contributed by atoms with Crippen LogP contribution in [0.5, 0.6) is 0 Å². The molecule has 1 saturated heterocycles. The molecule has 4 nitrogen and oxygen atoms in total. The Morgan fingerprint density at radius 3 is 2.95 bits per heavy atom. The van der Waals surface area contributed by atoms with Crippen LogP contribution >= 0.6 is 0 Å². The molecule has 1 aromatic heterocycles. The molecule has 4 rings (SSSR count). The van der Waals surface area contributed by atoms with Crippen molar-refractivity contribution >= 4 is 16.8 Å². The molecule has 0 bridgehead atoms. The number of rotatable bonds is 4. The van der Waals surface area contributed by atoms with Gasteiger partial charge in [-0.25, -0.2) is 0 Å². The van der Waals surface area contributed by atoms with E-state index in [0.717, 1.165) is 49.7 Å². The van der Waals surface area contributed by atoms with E-state index in [1.807, 2.05) is 12.3 Å². The van der Waals surface area contributed by atoms with Crippen molar-refractivity contribution in [1.82, 2.24) is 15.2 Å². The zero-order chi connectivity index (χ0) is 14.9. The lowest BCUT2D eigenvalue weighted by Gasteiger charge is -2.24. The Morgan fingerprint density at radius 1 is 1.23 bits per heavy atom. The van der Waals surface area contributed by atoms with Crippen molar-refractivity contribution in [2.24, 2.45) is 0 Å². The Morgan fingerprint density at radius 2 is 2.09 bits per heavy atom. The first kappa shape index (κ1) is 13.7. The van der Waals surface area contributed by atoms with E-state index in [1.165, 1.54) is 5.56 Å². The summed E-state index contributed by atoms with van der Waals surface area (Å²) < 4.78 is 0. The van der Waals surface area contributed by atoms with Crippen molar-refractivity contribution in [3.63, 3.8) is 0 Å². The second-order valence-corrected chi connectivity index (χ2v) is 6.40. The molecule has 0 spiro atoms. The molecule has 0 radical (unpaired) electrons. The first-order valence-electron chi connectivity index (χ1n) is 8.18. The molecule has 1 atom stereocenters. The fraction of sp³-hybridized carbons (Fsp3) is 0.444. The minimum absolute atomic E-state index is 0.0274. The molecule has 114 valence electrons. The standard InChI is InChI=1S/C18H21N3O/c22-18(20-15-8-9-15)16-7-3-11-21(16)12-14-5-1-4-13-6-2-10-19-17(13)14/h1-2,4-6,10,15-16H,3,7-9,11-12H2,(H,20,22)/t16-/m0/s1. The second-order valence-electron chi connectivity index (χ2n) is 6.40. The molecule has 4 heteroatoms. The van der Waals surface area contributed by atoms with Gasteiger partial charge in [-0.1, -0.05) is 24.3 Å². The number of nitrogens with one attached hydrogen (secondary N) is 1. The Balaban J connectivity index is 1.54. The van der Waals surface area contributed by atoms with Gasteiger partial charge in [0.05, 0.1) is 11.6 Å². The van der Waals surface area contributed by atoms with E-state index in [4.69, 9.17) is 0 Å². The highest BCUT2D eigenvalue weighted by molar-refractivity contribution is 5.83. The van der Waals surface area contributed by atoms with Crippen LogP contribution in [0.25, 0.3) is 10.9 Å². The number of aromatic nitrogens is 1. The van der Waals surface area contributed by atoms with E-state index < -0.39 is 0 Å². The number of amides is 1. The van der Waals surface area contributed by atoms with Crippen LogP contribution in [-0.2, 0) is 11.3 Å². The van der Waals surface area contributed by atoms with Gasteiger partial charge >= 0.3 is 0 Å². The molecule has 2 aliphatic rings. The molecule has 1 saturated carbocycles. The molecule has 1 amide bonds. The zero-order valence-electron chi connectivity index (χ0n) is 12.7. The minimum atomic E-state index is 0.0274. The number of hydrogen-bond acceptors (Lipinski definition) is 3. The van der Waals surface area contributed by atoms with Gasteiger partial charge < -0.3 is 5.32 Å². The van der Waals surface area contributed by atoms with E-state index >= 15 is 0 Å². The Labute approximate surface area is 130 Å². The average molecular weight is 295 g/mol. The smallest absolute Gasteiger partial charge is 0.237 e. The van der Waals surface area contributed by atoms with Crippen molar-refractivity contribution in [1.29, 1.82) is 0 Å². The summed E-state index contributed by atoms with van der Waals surface area (Å²) in [6.07, 6.45) is 6.20. The molecular formula is C18H21N3O. The SMILES string of the molecule is O=C(NC1CC1)[C@@H]1CCCN1Cc1cccc2cccnc12. The lowest BCUT2D eigenvalue weighted by atomic mass is 10.1. The number of fused-ring (bicyclic) bond motifs is 1. The molecule has 22 heavy (non-hydrogen) atoms. The number of benzene rings is 1. The van der Waals surface area contributed by atoms with Gasteiger partial charge in [0.1, 0.15) is 0 Å². The number of carbonyl (C=O) groups is 1. The zero-order valence-corrected chi connectivity index (χ0v) is 12.7. The largest absolute Gasteiger partial charge is 0.352 e. The fourth-order valence-electron chi connectivity index (χ4n) is 3.35. The van der Waals surface area contributed by atoms with Crippen LogP contribution in [0.4, 0.5) is 0 Å². The molecular weight excluding hydrogens is 274 g/mol. The summed E-state index contributed by atoms with van der Waals surface area (Å²) in [6, 6.07) is 10.8. The lowest BCUT2D eigenvalue weighted by Crippen LogP contribution is -2.43. The van der Waals surface area contributed by atoms with E-state index in [-0.39, 0.29) is 11.9 Å². The third-order valence-corrected chi connectivity index (χ3v) is 4.68. The number of hydrogen-bond donors (Lipinski definition) is 1. The number of para-hydroxylation sites is 1. The van der Waals surface area contributed by atoms with Gasteiger partial charge in [-0.3, -0.25) is 14.7 Å². The molecule has 0 unspecified atom stereocenters. The van der Waals surface area contributed by atoms with Crippen LogP contribution < -0.4 is 5.32 Å². The third kappa shape index (κ3) is 2.71.